The van der Waals surface area contributed by atoms with Crippen LogP contribution in [0.25, 0.3) is 0 Å². The first kappa shape index (κ1) is 22.6. The van der Waals surface area contributed by atoms with Crippen LogP contribution in [0.1, 0.15) is 38.5 Å². The Hall–Kier alpha value is -2.63. The Bertz CT molecular complexity index is 416. The highest BCUT2D eigenvalue weighted by Gasteiger charge is 1.87. The molecule has 1 aliphatic rings. The summed E-state index contributed by atoms with van der Waals surface area (Å²) in [7, 11) is 0. The molecule has 0 fully saturated rings. The molecule has 0 saturated carbocycles. The number of hydrogen-bond donors (Lipinski definition) is 3. The second-order valence-electron chi connectivity index (χ2n) is 4.36. The Balaban J connectivity index is 0. The fraction of sp³-hybridized carbons (Fsp3) is 0.353. The average Bonchev–Trinajstić information content (AvgIpc) is 3.05. The monoisotopic (exact) mass is 324 g/mol. The molecule has 1 aliphatic carbocycles. The number of aliphatic carboxylic acids is 3. The van der Waals surface area contributed by atoms with Crippen molar-refractivity contribution in [2.45, 2.75) is 38.5 Å². The molecule has 6 heteroatoms. The highest BCUT2D eigenvalue weighted by Crippen LogP contribution is 2.05. The van der Waals surface area contributed by atoms with E-state index in [0.29, 0.717) is 12.8 Å². The normalized spacial score (nSPS) is 12.2. The first-order chi connectivity index (χ1) is 10.9. The van der Waals surface area contributed by atoms with Crippen LogP contribution in [0.15, 0.2) is 49.1 Å². The van der Waals surface area contributed by atoms with E-state index in [2.05, 4.69) is 18.7 Å². The Morgan fingerprint density at radius 3 is 1.48 bits per heavy atom. The van der Waals surface area contributed by atoms with Crippen molar-refractivity contribution >= 4 is 17.9 Å². The highest BCUT2D eigenvalue weighted by molar-refractivity contribution is 5.80. The summed E-state index contributed by atoms with van der Waals surface area (Å²) in [6.45, 7) is 2.96. The Kier molecular flexibility index (Phi) is 17.2. The second kappa shape index (κ2) is 17.4. The minimum Gasteiger partial charge on any atom is -0.478 e. The quantitative estimate of drug-likeness (QED) is 0.376. The molecule has 0 aromatic carbocycles. The molecule has 0 aromatic rings. The van der Waals surface area contributed by atoms with Gasteiger partial charge in [0, 0.05) is 18.2 Å². The van der Waals surface area contributed by atoms with Crippen LogP contribution < -0.4 is 0 Å². The maximum atomic E-state index is 10.00. The van der Waals surface area contributed by atoms with Crippen LogP contribution in [0.2, 0.25) is 0 Å². The molecule has 0 atom stereocenters. The predicted molar refractivity (Wildman–Crippen MR) is 88.2 cm³/mol. The van der Waals surface area contributed by atoms with Gasteiger partial charge >= 0.3 is 17.9 Å². The molecule has 23 heavy (non-hydrogen) atoms. The summed E-state index contributed by atoms with van der Waals surface area (Å²) in [6, 6.07) is 0. The van der Waals surface area contributed by atoms with E-state index in [1.807, 2.05) is 0 Å². The summed E-state index contributed by atoms with van der Waals surface area (Å²) in [5.74, 6) is -2.90. The maximum absolute atomic E-state index is 10.00. The molecule has 0 amide bonds. The van der Waals surface area contributed by atoms with Gasteiger partial charge in [-0.05, 0) is 38.5 Å². The number of allylic oxidation sites excluding steroid dienone is 4. The smallest absolute Gasteiger partial charge is 0.327 e. The summed E-state index contributed by atoms with van der Waals surface area (Å²) < 4.78 is 0. The lowest BCUT2D eigenvalue weighted by Gasteiger charge is -1.88. The van der Waals surface area contributed by atoms with E-state index in [0.717, 1.165) is 24.6 Å². The van der Waals surface area contributed by atoms with Crippen LogP contribution in [0.5, 0.6) is 0 Å². The molecule has 3 N–H and O–H groups in total. The first-order valence-corrected chi connectivity index (χ1v) is 7.19. The molecule has 1 rings (SSSR count). The van der Waals surface area contributed by atoms with Gasteiger partial charge in [-0.25, -0.2) is 14.4 Å². The number of carbonyl (C=O) groups is 3. The number of rotatable bonds is 7. The van der Waals surface area contributed by atoms with Gasteiger partial charge in [-0.2, -0.15) is 0 Å². The van der Waals surface area contributed by atoms with Gasteiger partial charge in [0.05, 0.1) is 0 Å². The molecule has 0 heterocycles. The van der Waals surface area contributed by atoms with Gasteiger partial charge < -0.3 is 15.3 Å². The molecule has 0 aromatic heterocycles. The number of hydrogen-bond acceptors (Lipinski definition) is 3. The highest BCUT2D eigenvalue weighted by atomic mass is 16.4. The van der Waals surface area contributed by atoms with Gasteiger partial charge in [0.25, 0.3) is 0 Å². The lowest BCUT2D eigenvalue weighted by Crippen LogP contribution is -1.86. The zero-order valence-corrected chi connectivity index (χ0v) is 13.1. The van der Waals surface area contributed by atoms with Crippen molar-refractivity contribution in [2.75, 3.05) is 0 Å². The van der Waals surface area contributed by atoms with Crippen molar-refractivity contribution in [2.24, 2.45) is 0 Å². The lowest BCUT2D eigenvalue weighted by molar-refractivity contribution is -0.132. The number of unbranched alkanes of at least 4 members (excludes halogenated alkanes) is 2. The lowest BCUT2D eigenvalue weighted by atomic mass is 10.2. The predicted octanol–water partition coefficient (Wildman–Crippen LogP) is 3.42. The van der Waals surface area contributed by atoms with E-state index in [-0.39, 0.29) is 0 Å². The number of carboxylic acids is 3. The first-order valence-electron chi connectivity index (χ1n) is 7.19. The third-order valence-electron chi connectivity index (χ3n) is 2.35. The van der Waals surface area contributed by atoms with Gasteiger partial charge in [0.15, 0.2) is 0 Å². The van der Waals surface area contributed by atoms with Crippen molar-refractivity contribution in [3.8, 4) is 0 Å². The van der Waals surface area contributed by atoms with Crippen molar-refractivity contribution in [3.63, 3.8) is 0 Å². The third-order valence-corrected chi connectivity index (χ3v) is 2.35. The molecule has 0 saturated heterocycles. The fourth-order valence-electron chi connectivity index (χ4n) is 1.31. The van der Waals surface area contributed by atoms with Gasteiger partial charge in [-0.15, -0.1) is 0 Å². The van der Waals surface area contributed by atoms with Crippen molar-refractivity contribution in [3.05, 3.63) is 49.1 Å². The van der Waals surface area contributed by atoms with E-state index < -0.39 is 17.9 Å². The molecular formula is C17H24O6. The Labute approximate surface area is 136 Å². The zero-order valence-electron chi connectivity index (χ0n) is 13.1. The second-order valence-corrected chi connectivity index (χ2v) is 4.36. The third kappa shape index (κ3) is 28.3. The number of carboxylic acid groups (broad SMARTS) is 3. The van der Waals surface area contributed by atoms with E-state index >= 15 is 0 Å². The van der Waals surface area contributed by atoms with Gasteiger partial charge in [-0.1, -0.05) is 30.9 Å². The van der Waals surface area contributed by atoms with Crippen LogP contribution in [0.3, 0.4) is 0 Å². The standard InChI is InChI=1S/C9H12O4.C5H8.C3H4O2/c10-8(11)6-4-2-1-3-5-7-9(12)13;1-2-4-5-3-1;1-2-3(4)5/h4-7H,1-3H2,(H,10,11)(H,12,13);1-2H,3-5H2;2H,1H2,(H,4,5). The molecular weight excluding hydrogens is 300 g/mol. The molecule has 0 spiro atoms. The summed E-state index contributed by atoms with van der Waals surface area (Å²) in [5, 5.41) is 24.0. The summed E-state index contributed by atoms with van der Waals surface area (Å²) in [6.07, 6.45) is 16.7. The molecule has 0 aliphatic heterocycles. The zero-order chi connectivity index (χ0) is 17.9. The van der Waals surface area contributed by atoms with E-state index in [9.17, 15) is 14.4 Å². The summed E-state index contributed by atoms with van der Waals surface area (Å²) >= 11 is 0. The van der Waals surface area contributed by atoms with Crippen LogP contribution in [-0.2, 0) is 14.4 Å². The molecule has 128 valence electrons. The molecule has 0 bridgehead atoms. The molecule has 6 nitrogen and oxygen atoms in total. The van der Waals surface area contributed by atoms with Gasteiger partial charge in [0.2, 0.25) is 0 Å². The summed E-state index contributed by atoms with van der Waals surface area (Å²) in [5.41, 5.74) is 0. The van der Waals surface area contributed by atoms with E-state index in [4.69, 9.17) is 15.3 Å². The van der Waals surface area contributed by atoms with Crippen molar-refractivity contribution < 1.29 is 29.7 Å². The average molecular weight is 324 g/mol. The van der Waals surface area contributed by atoms with Crippen LogP contribution in [0.4, 0.5) is 0 Å². The van der Waals surface area contributed by atoms with Crippen LogP contribution in [0, 0.1) is 0 Å². The SMILES string of the molecule is C1=CCCC1.C=CC(=O)O.O=C(O)C=CCCCC=CC(=O)O. The minimum absolute atomic E-state index is 0.649. The van der Waals surface area contributed by atoms with Crippen LogP contribution >= 0.6 is 0 Å². The van der Waals surface area contributed by atoms with E-state index in [1.165, 1.54) is 19.3 Å². The topological polar surface area (TPSA) is 112 Å². The fourth-order valence-corrected chi connectivity index (χ4v) is 1.31. The Morgan fingerprint density at radius 1 is 0.870 bits per heavy atom. The molecule has 0 unspecified atom stereocenters. The largest absolute Gasteiger partial charge is 0.478 e. The molecule has 0 radical (unpaired) electrons. The minimum atomic E-state index is -0.981. The van der Waals surface area contributed by atoms with Gasteiger partial charge in [0.1, 0.15) is 0 Å². The van der Waals surface area contributed by atoms with Crippen molar-refractivity contribution in [1.29, 1.82) is 0 Å². The van der Waals surface area contributed by atoms with Gasteiger partial charge in [-0.3, -0.25) is 0 Å². The van der Waals surface area contributed by atoms with Crippen LogP contribution in [-0.4, -0.2) is 33.2 Å². The van der Waals surface area contributed by atoms with Crippen molar-refractivity contribution in [1.82, 2.24) is 0 Å². The summed E-state index contributed by atoms with van der Waals surface area (Å²) in [4.78, 5) is 29.2. The maximum Gasteiger partial charge on any atom is 0.327 e. The Morgan fingerprint density at radius 2 is 1.26 bits per heavy atom. The van der Waals surface area contributed by atoms with E-state index in [1.54, 1.807) is 12.2 Å².